The molecule has 2 N–H and O–H groups in total. The number of aromatic nitrogens is 3. The van der Waals surface area contributed by atoms with Crippen LogP contribution < -0.4 is 10.6 Å². The number of rotatable bonds is 6. The molecule has 0 unspecified atom stereocenters. The third-order valence-electron chi connectivity index (χ3n) is 4.55. The van der Waals surface area contributed by atoms with Crippen LogP contribution in [-0.2, 0) is 10.2 Å². The van der Waals surface area contributed by atoms with Crippen LogP contribution in [-0.4, -0.2) is 33.1 Å². The summed E-state index contributed by atoms with van der Waals surface area (Å²) in [6.45, 7) is 6.57. The van der Waals surface area contributed by atoms with Crippen molar-refractivity contribution in [1.29, 1.82) is 0 Å². The van der Waals surface area contributed by atoms with Gasteiger partial charge in [-0.3, -0.25) is 9.59 Å². The molecule has 0 aliphatic rings. The number of anilines is 1. The fourth-order valence-electron chi connectivity index (χ4n) is 2.87. The molecule has 3 aromatic rings. The van der Waals surface area contributed by atoms with Crippen LogP contribution >= 0.6 is 11.6 Å². The Hall–Kier alpha value is -3.19. The fourth-order valence-corrected chi connectivity index (χ4v) is 3.04. The molecule has 3 rings (SSSR count). The number of halogens is 1. The number of carbonyl (C=O) groups is 2. The van der Waals surface area contributed by atoms with Gasteiger partial charge in [-0.15, -0.1) is 0 Å². The van der Waals surface area contributed by atoms with E-state index in [0.717, 1.165) is 5.56 Å². The molecular formula is C22H24ClN5O2. The smallest absolute Gasteiger partial charge is 0.251 e. The van der Waals surface area contributed by atoms with Crippen LogP contribution in [0.2, 0.25) is 5.02 Å². The second-order valence-electron chi connectivity index (χ2n) is 7.88. The van der Waals surface area contributed by atoms with Gasteiger partial charge in [0, 0.05) is 23.6 Å². The Labute approximate surface area is 180 Å². The number of benzene rings is 2. The molecular weight excluding hydrogens is 402 g/mol. The van der Waals surface area contributed by atoms with E-state index in [1.165, 1.54) is 17.3 Å². The molecule has 0 saturated carbocycles. The molecule has 0 radical (unpaired) electrons. The SMILES string of the molecule is CC(C)(C)c1ccc(C(=O)NCCC(=O)Nc2cc(Cl)ccc2-n2cncn2)cc1. The zero-order valence-electron chi connectivity index (χ0n) is 17.1. The normalized spacial score (nSPS) is 11.2. The van der Waals surface area contributed by atoms with Crippen LogP contribution in [0.25, 0.3) is 5.69 Å². The maximum absolute atomic E-state index is 12.4. The van der Waals surface area contributed by atoms with E-state index >= 15 is 0 Å². The summed E-state index contributed by atoms with van der Waals surface area (Å²) in [5.74, 6) is -0.462. The standard InChI is InChI=1S/C22H24ClN5O2/c1-22(2,3)16-6-4-15(5-7-16)21(30)25-11-10-20(29)27-18-12-17(23)8-9-19(18)28-14-24-13-26-28/h4-9,12-14H,10-11H2,1-3H3,(H,25,30)(H,27,29). The number of carbonyl (C=O) groups excluding carboxylic acids is 2. The van der Waals surface area contributed by atoms with Gasteiger partial charge in [0.15, 0.2) is 0 Å². The molecule has 0 atom stereocenters. The topological polar surface area (TPSA) is 88.9 Å². The van der Waals surface area contributed by atoms with Crippen molar-refractivity contribution >= 4 is 29.1 Å². The van der Waals surface area contributed by atoms with Crippen molar-refractivity contribution in [1.82, 2.24) is 20.1 Å². The maximum atomic E-state index is 12.4. The first-order valence-electron chi connectivity index (χ1n) is 9.57. The Balaban J connectivity index is 1.56. The third kappa shape index (κ3) is 5.45. The number of amides is 2. The van der Waals surface area contributed by atoms with Gasteiger partial charge in [0.2, 0.25) is 5.91 Å². The van der Waals surface area contributed by atoms with E-state index in [-0.39, 0.29) is 30.2 Å². The molecule has 0 aliphatic heterocycles. The summed E-state index contributed by atoms with van der Waals surface area (Å²) in [6.07, 6.45) is 3.06. The summed E-state index contributed by atoms with van der Waals surface area (Å²) >= 11 is 6.06. The van der Waals surface area contributed by atoms with E-state index in [1.807, 2.05) is 12.1 Å². The van der Waals surface area contributed by atoms with E-state index in [9.17, 15) is 9.59 Å². The molecule has 30 heavy (non-hydrogen) atoms. The molecule has 0 bridgehead atoms. The summed E-state index contributed by atoms with van der Waals surface area (Å²) in [5.41, 5.74) is 2.91. The van der Waals surface area contributed by atoms with Gasteiger partial charge in [0.1, 0.15) is 12.7 Å². The van der Waals surface area contributed by atoms with E-state index in [0.29, 0.717) is 22.0 Å². The first-order chi connectivity index (χ1) is 14.2. The van der Waals surface area contributed by atoms with Gasteiger partial charge in [-0.2, -0.15) is 5.10 Å². The summed E-state index contributed by atoms with van der Waals surface area (Å²) in [7, 11) is 0. The maximum Gasteiger partial charge on any atom is 0.251 e. The molecule has 156 valence electrons. The Morgan fingerprint density at radius 3 is 2.47 bits per heavy atom. The highest BCUT2D eigenvalue weighted by molar-refractivity contribution is 6.31. The zero-order valence-corrected chi connectivity index (χ0v) is 17.9. The average molecular weight is 426 g/mol. The van der Waals surface area contributed by atoms with Gasteiger partial charge in [0.25, 0.3) is 5.91 Å². The highest BCUT2D eigenvalue weighted by Crippen LogP contribution is 2.24. The molecule has 1 heterocycles. The van der Waals surface area contributed by atoms with Gasteiger partial charge in [0.05, 0.1) is 11.4 Å². The van der Waals surface area contributed by atoms with Gasteiger partial charge < -0.3 is 10.6 Å². The van der Waals surface area contributed by atoms with Crippen LogP contribution in [0.4, 0.5) is 5.69 Å². The highest BCUT2D eigenvalue weighted by Gasteiger charge is 2.15. The van der Waals surface area contributed by atoms with Crippen LogP contribution in [0.15, 0.2) is 55.1 Å². The molecule has 1 aromatic heterocycles. The van der Waals surface area contributed by atoms with Crippen LogP contribution in [0, 0.1) is 0 Å². The van der Waals surface area contributed by atoms with Gasteiger partial charge >= 0.3 is 0 Å². The monoisotopic (exact) mass is 425 g/mol. The minimum Gasteiger partial charge on any atom is -0.352 e. The van der Waals surface area contributed by atoms with Crippen molar-refractivity contribution in [3.8, 4) is 5.69 Å². The number of nitrogens with one attached hydrogen (secondary N) is 2. The molecule has 0 spiro atoms. The minimum absolute atomic E-state index is 0.0263. The van der Waals surface area contributed by atoms with Crippen molar-refractivity contribution in [3.05, 3.63) is 71.3 Å². The second-order valence-corrected chi connectivity index (χ2v) is 8.32. The largest absolute Gasteiger partial charge is 0.352 e. The minimum atomic E-state index is -0.248. The predicted molar refractivity (Wildman–Crippen MR) is 117 cm³/mol. The van der Waals surface area contributed by atoms with Crippen molar-refractivity contribution in [2.45, 2.75) is 32.6 Å². The lowest BCUT2D eigenvalue weighted by Crippen LogP contribution is -2.28. The Morgan fingerprint density at radius 1 is 1.10 bits per heavy atom. The lowest BCUT2D eigenvalue weighted by molar-refractivity contribution is -0.116. The summed E-state index contributed by atoms with van der Waals surface area (Å²) in [6, 6.07) is 12.6. The molecule has 0 aliphatic carbocycles. The average Bonchev–Trinajstić information content (AvgIpc) is 3.22. The van der Waals surface area contributed by atoms with Gasteiger partial charge in [-0.25, -0.2) is 9.67 Å². The Bertz CT molecular complexity index is 1020. The lowest BCUT2D eigenvalue weighted by atomic mass is 9.87. The molecule has 2 amide bonds. The van der Waals surface area contributed by atoms with Gasteiger partial charge in [-0.1, -0.05) is 44.5 Å². The summed E-state index contributed by atoms with van der Waals surface area (Å²) in [5, 5.41) is 10.2. The first-order valence-corrected chi connectivity index (χ1v) is 9.95. The van der Waals surface area contributed by atoms with Crippen molar-refractivity contribution in [3.63, 3.8) is 0 Å². The summed E-state index contributed by atoms with van der Waals surface area (Å²) < 4.78 is 1.54. The van der Waals surface area contributed by atoms with E-state index in [2.05, 4.69) is 41.5 Å². The summed E-state index contributed by atoms with van der Waals surface area (Å²) in [4.78, 5) is 28.6. The number of hydrogen-bond donors (Lipinski definition) is 2. The molecule has 7 nitrogen and oxygen atoms in total. The van der Waals surface area contributed by atoms with E-state index in [1.54, 1.807) is 30.3 Å². The quantitative estimate of drug-likeness (QED) is 0.625. The zero-order chi connectivity index (χ0) is 21.7. The van der Waals surface area contributed by atoms with E-state index < -0.39 is 0 Å². The molecule has 0 saturated heterocycles. The van der Waals surface area contributed by atoms with Crippen LogP contribution in [0.1, 0.15) is 43.1 Å². The fraction of sp³-hybridized carbons (Fsp3) is 0.273. The van der Waals surface area contributed by atoms with Crippen LogP contribution in [0.3, 0.4) is 0 Å². The molecule has 2 aromatic carbocycles. The van der Waals surface area contributed by atoms with Crippen LogP contribution in [0.5, 0.6) is 0 Å². The predicted octanol–water partition coefficient (Wildman–Crippen LogP) is 3.98. The first kappa shape index (κ1) is 21.5. The third-order valence-corrected chi connectivity index (χ3v) is 4.78. The Kier molecular flexibility index (Phi) is 6.52. The number of hydrogen-bond acceptors (Lipinski definition) is 4. The van der Waals surface area contributed by atoms with Crippen molar-refractivity contribution in [2.75, 3.05) is 11.9 Å². The molecule has 8 heteroatoms. The van der Waals surface area contributed by atoms with Crippen molar-refractivity contribution < 1.29 is 9.59 Å². The second kappa shape index (κ2) is 9.09. The van der Waals surface area contributed by atoms with Gasteiger partial charge in [-0.05, 0) is 41.3 Å². The van der Waals surface area contributed by atoms with E-state index in [4.69, 9.17) is 11.6 Å². The Morgan fingerprint density at radius 2 is 1.83 bits per heavy atom. The number of nitrogens with zero attached hydrogens (tertiary/aromatic N) is 3. The molecule has 0 fully saturated rings. The highest BCUT2D eigenvalue weighted by atomic mass is 35.5. The van der Waals surface area contributed by atoms with Crippen molar-refractivity contribution in [2.24, 2.45) is 0 Å². The lowest BCUT2D eigenvalue weighted by Gasteiger charge is -2.19.